The van der Waals surface area contributed by atoms with Gasteiger partial charge in [-0.3, -0.25) is 14.6 Å². The van der Waals surface area contributed by atoms with Crippen molar-refractivity contribution in [3.63, 3.8) is 0 Å². The van der Waals surface area contributed by atoms with Gasteiger partial charge in [-0.1, -0.05) is 30.3 Å². The highest BCUT2D eigenvalue weighted by Gasteiger charge is 2.43. The van der Waals surface area contributed by atoms with E-state index in [4.69, 9.17) is 9.47 Å². The molecule has 2 aromatic carbocycles. The van der Waals surface area contributed by atoms with Crippen LogP contribution >= 0.6 is 0 Å². The van der Waals surface area contributed by atoms with E-state index in [1.165, 1.54) is 12.0 Å². The number of aromatic nitrogens is 6. The summed E-state index contributed by atoms with van der Waals surface area (Å²) < 4.78 is 28.3. The maximum atomic E-state index is 13.4. The second-order valence-corrected chi connectivity index (χ2v) is 13.0. The van der Waals surface area contributed by atoms with Gasteiger partial charge in [-0.2, -0.15) is 10.2 Å². The minimum atomic E-state index is -2.88. The quantitative estimate of drug-likeness (QED) is 0.125. The van der Waals surface area contributed by atoms with E-state index in [-0.39, 0.29) is 32.1 Å². The lowest BCUT2D eigenvalue weighted by Crippen LogP contribution is -2.61. The molecule has 5 aromatic rings. The zero-order valence-corrected chi connectivity index (χ0v) is 28.8. The molecule has 0 saturated carbocycles. The Hall–Kier alpha value is -5.00. The van der Waals surface area contributed by atoms with Gasteiger partial charge in [-0.15, -0.1) is 0 Å². The molecular weight excluding hydrogens is 662 g/mol. The van der Waals surface area contributed by atoms with Crippen molar-refractivity contribution in [2.24, 2.45) is 7.05 Å². The number of carbonyl (C=O) groups is 1. The largest absolute Gasteiger partial charge is 0.478 e. The highest BCUT2D eigenvalue weighted by atomic mass is 32.2. The van der Waals surface area contributed by atoms with Gasteiger partial charge in [0.05, 0.1) is 17.9 Å². The maximum Gasteiger partial charge on any atom is 0.310 e. The number of aryl methyl sites for hydroxylation is 1. The number of H-pyrrole nitrogens is 1. The first-order valence-corrected chi connectivity index (χ1v) is 17.3. The number of aromatic amines is 1. The van der Waals surface area contributed by atoms with Crippen molar-refractivity contribution < 1.29 is 28.7 Å². The molecule has 0 radical (unpaired) electrons. The molecule has 15 nitrogen and oxygen atoms in total. The van der Waals surface area contributed by atoms with Gasteiger partial charge in [-0.05, 0) is 48.7 Å². The number of amides is 1. The van der Waals surface area contributed by atoms with Crippen LogP contribution in [-0.4, -0.2) is 112 Å². The van der Waals surface area contributed by atoms with Crippen LogP contribution in [0.4, 0.5) is 5.69 Å². The topological polar surface area (TPSA) is 184 Å². The van der Waals surface area contributed by atoms with E-state index in [1.54, 1.807) is 29.3 Å². The molecule has 50 heavy (non-hydrogen) atoms. The SMILES string of the molecule is CCOc1ccc(-c2n[nH]c3ccc(NS(=O)CCN(COC)C(O)(O)C(=O)N4CC=C(c5ccc(-c6ncn(C)n6)cc5)CC4)cc23)cn1. The maximum absolute atomic E-state index is 13.4. The molecule has 6 rings (SSSR count). The van der Waals surface area contributed by atoms with Gasteiger partial charge in [0.2, 0.25) is 5.88 Å². The summed E-state index contributed by atoms with van der Waals surface area (Å²) in [6, 6.07) is 16.9. The third kappa shape index (κ3) is 7.74. The highest BCUT2D eigenvalue weighted by molar-refractivity contribution is 7.86. The molecule has 4 heterocycles. The van der Waals surface area contributed by atoms with Crippen LogP contribution in [0.5, 0.6) is 5.88 Å². The number of methoxy groups -OCH3 is 1. The van der Waals surface area contributed by atoms with E-state index in [2.05, 4.69) is 30.0 Å². The number of hydrogen-bond donors (Lipinski definition) is 4. The second-order valence-electron chi connectivity index (χ2n) is 11.7. The fourth-order valence-electron chi connectivity index (χ4n) is 5.66. The van der Waals surface area contributed by atoms with Crippen LogP contribution in [0.3, 0.4) is 0 Å². The first-order valence-electron chi connectivity index (χ1n) is 16.0. The fraction of sp³-hybridized carbons (Fsp3) is 0.324. The Kier molecular flexibility index (Phi) is 10.6. The van der Waals surface area contributed by atoms with Gasteiger partial charge >= 0.3 is 5.91 Å². The van der Waals surface area contributed by atoms with Crippen LogP contribution in [0.2, 0.25) is 0 Å². The Morgan fingerprint density at radius 3 is 2.54 bits per heavy atom. The smallest absolute Gasteiger partial charge is 0.310 e. The van der Waals surface area contributed by atoms with E-state index >= 15 is 0 Å². The van der Waals surface area contributed by atoms with Crippen molar-refractivity contribution >= 4 is 39.1 Å². The van der Waals surface area contributed by atoms with Gasteiger partial charge in [0.25, 0.3) is 5.91 Å². The Morgan fingerprint density at radius 1 is 1.10 bits per heavy atom. The number of hydrogen-bond acceptors (Lipinski definition) is 11. The zero-order chi connectivity index (χ0) is 35.3. The van der Waals surface area contributed by atoms with Crippen molar-refractivity contribution in [1.82, 2.24) is 39.7 Å². The summed E-state index contributed by atoms with van der Waals surface area (Å²) >= 11 is 0. The van der Waals surface area contributed by atoms with E-state index in [9.17, 15) is 19.2 Å². The first-order chi connectivity index (χ1) is 24.2. The summed E-state index contributed by atoms with van der Waals surface area (Å²) in [5.74, 6) is -2.64. The van der Waals surface area contributed by atoms with Crippen LogP contribution in [0.1, 0.15) is 18.9 Å². The Labute approximate surface area is 291 Å². The third-order valence-corrected chi connectivity index (χ3v) is 9.28. The fourth-order valence-corrected chi connectivity index (χ4v) is 6.54. The molecule has 1 unspecified atom stereocenters. The number of carbonyl (C=O) groups excluding carboxylic acids is 1. The Bertz CT molecular complexity index is 1990. The number of benzene rings is 2. The molecule has 0 spiro atoms. The van der Waals surface area contributed by atoms with Crippen LogP contribution in [0, 0.1) is 0 Å². The normalized spacial score (nSPS) is 14.2. The lowest BCUT2D eigenvalue weighted by Gasteiger charge is -2.37. The van der Waals surface area contributed by atoms with Crippen LogP contribution in [0.15, 0.2) is 73.2 Å². The van der Waals surface area contributed by atoms with E-state index < -0.39 is 22.8 Å². The van der Waals surface area contributed by atoms with Crippen molar-refractivity contribution in [2.45, 2.75) is 19.3 Å². The van der Waals surface area contributed by atoms with Crippen molar-refractivity contribution in [3.8, 4) is 28.5 Å². The summed E-state index contributed by atoms with van der Waals surface area (Å²) in [7, 11) is 1.55. The molecule has 16 heteroatoms. The molecule has 0 saturated heterocycles. The van der Waals surface area contributed by atoms with Gasteiger partial charge in [-0.25, -0.2) is 19.1 Å². The number of nitrogens with one attached hydrogen (secondary N) is 2. The average molecular weight is 702 g/mol. The molecule has 262 valence electrons. The molecule has 0 bridgehead atoms. The number of anilines is 1. The molecule has 0 aliphatic carbocycles. The number of pyridine rings is 1. The molecule has 4 N–H and O–H groups in total. The van der Waals surface area contributed by atoms with Crippen molar-refractivity contribution in [3.05, 3.63) is 78.8 Å². The molecule has 1 atom stereocenters. The van der Waals surface area contributed by atoms with Gasteiger partial charge in [0.15, 0.2) is 5.82 Å². The highest BCUT2D eigenvalue weighted by Crippen LogP contribution is 2.30. The minimum Gasteiger partial charge on any atom is -0.478 e. The molecular formula is C34H39N9O6S. The first kappa shape index (κ1) is 34.8. The van der Waals surface area contributed by atoms with Crippen molar-refractivity contribution in [1.29, 1.82) is 0 Å². The van der Waals surface area contributed by atoms with Gasteiger partial charge in [0.1, 0.15) is 29.7 Å². The molecule has 1 aliphatic rings. The summed E-state index contributed by atoms with van der Waals surface area (Å²) in [6.45, 7) is 2.50. The lowest BCUT2D eigenvalue weighted by atomic mass is 9.98. The van der Waals surface area contributed by atoms with Gasteiger partial charge in [0, 0.05) is 68.3 Å². The predicted molar refractivity (Wildman–Crippen MR) is 188 cm³/mol. The van der Waals surface area contributed by atoms with Crippen molar-refractivity contribution in [2.75, 3.05) is 50.6 Å². The molecule has 3 aromatic heterocycles. The zero-order valence-electron chi connectivity index (χ0n) is 27.9. The number of fused-ring (bicyclic) bond motifs is 1. The Balaban J connectivity index is 1.06. The summed E-state index contributed by atoms with van der Waals surface area (Å²) in [6.07, 6.45) is 5.76. The second kappa shape index (κ2) is 15.3. The third-order valence-electron chi connectivity index (χ3n) is 8.27. The lowest BCUT2D eigenvalue weighted by molar-refractivity contribution is -0.269. The Morgan fingerprint density at radius 2 is 1.88 bits per heavy atom. The predicted octanol–water partition coefficient (Wildman–Crippen LogP) is 2.75. The average Bonchev–Trinajstić information content (AvgIpc) is 3.76. The molecule has 1 aliphatic heterocycles. The van der Waals surface area contributed by atoms with Gasteiger partial charge < -0.3 is 29.3 Å². The van der Waals surface area contributed by atoms with E-state index in [0.29, 0.717) is 36.1 Å². The number of aliphatic hydroxyl groups is 2. The molecule has 0 fully saturated rings. The summed E-state index contributed by atoms with van der Waals surface area (Å²) in [5, 5.41) is 34.7. The minimum absolute atomic E-state index is 0.0351. The number of ether oxygens (including phenoxy) is 2. The van der Waals surface area contributed by atoms with Crippen LogP contribution in [-0.2, 0) is 27.6 Å². The standard InChI is InChI=1S/C34H39N9O6S/c1-4-49-30-12-9-26(20-35-30)31-28-19-27(10-11-29(28)37-38-31)40-50(47)18-17-43(22-48-3)34(45,46)33(44)42-15-13-24(14-16-42)23-5-7-25(8-6-23)32-36-21-41(2)39-32/h5-13,19-21,40,45-46H,4,14-18,22H2,1-3H3,(H,37,38). The van der Waals surface area contributed by atoms with Crippen LogP contribution < -0.4 is 9.46 Å². The molecule has 1 amide bonds. The number of nitrogens with zero attached hydrogens (tertiary/aromatic N) is 7. The number of rotatable bonds is 14. The van der Waals surface area contributed by atoms with E-state index in [0.717, 1.165) is 38.1 Å². The monoisotopic (exact) mass is 701 g/mol. The van der Waals surface area contributed by atoms with Crippen LogP contribution in [0.25, 0.3) is 39.1 Å². The summed E-state index contributed by atoms with van der Waals surface area (Å²) in [4.78, 5) is 24.4. The van der Waals surface area contributed by atoms with E-state index in [1.807, 2.05) is 62.5 Å². The summed E-state index contributed by atoms with van der Waals surface area (Å²) in [5.41, 5.74) is 5.77.